The van der Waals surface area contributed by atoms with Crippen molar-refractivity contribution < 1.29 is 9.53 Å². The van der Waals surface area contributed by atoms with Gasteiger partial charge in [-0.3, -0.25) is 0 Å². The lowest BCUT2D eigenvalue weighted by molar-refractivity contribution is 0.0225. The van der Waals surface area contributed by atoms with E-state index in [0.29, 0.717) is 12.3 Å². The number of hydrogen-bond acceptors (Lipinski definition) is 2. The number of nitrogens with zero attached hydrogens (tertiary/aromatic N) is 1. The van der Waals surface area contributed by atoms with Crippen molar-refractivity contribution in [2.24, 2.45) is 5.92 Å². The summed E-state index contributed by atoms with van der Waals surface area (Å²) in [6.45, 7) is 8.51. The van der Waals surface area contributed by atoms with Gasteiger partial charge in [0.1, 0.15) is 5.60 Å². The predicted octanol–water partition coefficient (Wildman–Crippen LogP) is 2.66. The topological polar surface area (TPSA) is 29.5 Å². The Bertz CT molecular complexity index is 298. The van der Waals surface area contributed by atoms with Gasteiger partial charge in [-0.25, -0.2) is 4.79 Å². The summed E-state index contributed by atoms with van der Waals surface area (Å²) >= 11 is 0. The molecule has 1 amide bonds. The minimum Gasteiger partial charge on any atom is -0.444 e. The van der Waals surface area contributed by atoms with E-state index in [1.54, 1.807) is 4.90 Å². The van der Waals surface area contributed by atoms with Crippen LogP contribution in [0.1, 0.15) is 40.5 Å². The normalized spacial score (nSPS) is 25.3. The summed E-state index contributed by atoms with van der Waals surface area (Å²) in [5, 5.41) is 0. The van der Waals surface area contributed by atoms with E-state index in [9.17, 15) is 4.79 Å². The first-order chi connectivity index (χ1) is 7.33. The van der Waals surface area contributed by atoms with Crippen LogP contribution in [0, 0.1) is 18.3 Å². The molecule has 1 unspecified atom stereocenters. The smallest absolute Gasteiger partial charge is 0.410 e. The molecule has 16 heavy (non-hydrogen) atoms. The molecule has 1 rings (SSSR count). The summed E-state index contributed by atoms with van der Waals surface area (Å²) in [6.07, 6.45) is 6.67. The first-order valence-electron chi connectivity index (χ1n) is 5.76. The molecule has 1 heterocycles. The number of amides is 1. The van der Waals surface area contributed by atoms with Crippen LogP contribution in [-0.2, 0) is 4.74 Å². The first-order valence-corrected chi connectivity index (χ1v) is 5.76. The van der Waals surface area contributed by atoms with Gasteiger partial charge in [0, 0.05) is 19.0 Å². The molecule has 0 spiro atoms. The number of hydrogen-bond donors (Lipinski definition) is 0. The fraction of sp³-hybridized carbons (Fsp3) is 0.769. The fourth-order valence-corrected chi connectivity index (χ4v) is 2.02. The number of ether oxygens (including phenoxy) is 1. The maximum atomic E-state index is 11.9. The van der Waals surface area contributed by atoms with Crippen molar-refractivity contribution in [1.82, 2.24) is 4.90 Å². The molecule has 0 saturated carbocycles. The molecule has 0 aliphatic carbocycles. The Morgan fingerprint density at radius 3 is 2.69 bits per heavy atom. The van der Waals surface area contributed by atoms with Gasteiger partial charge < -0.3 is 9.64 Å². The van der Waals surface area contributed by atoms with Crippen molar-refractivity contribution in [3.8, 4) is 12.3 Å². The van der Waals surface area contributed by atoms with Gasteiger partial charge in [-0.15, -0.1) is 12.3 Å². The SMILES string of the molecule is C#CCC1C[C@@H](C)CN1C(=O)OC(C)(C)C. The molecule has 0 radical (unpaired) electrons. The molecule has 0 N–H and O–H groups in total. The minimum absolute atomic E-state index is 0.148. The van der Waals surface area contributed by atoms with Crippen molar-refractivity contribution in [3.63, 3.8) is 0 Å². The van der Waals surface area contributed by atoms with Gasteiger partial charge in [-0.2, -0.15) is 0 Å². The van der Waals surface area contributed by atoms with E-state index in [4.69, 9.17) is 11.2 Å². The second kappa shape index (κ2) is 4.78. The summed E-state index contributed by atoms with van der Waals surface area (Å²) in [5.41, 5.74) is -0.441. The van der Waals surface area contributed by atoms with E-state index < -0.39 is 5.60 Å². The standard InChI is InChI=1S/C13H21NO2/c1-6-7-11-8-10(2)9-14(11)12(15)16-13(3,4)5/h1,10-11H,7-9H2,2-5H3/t10-,11?/m1/s1. The molecule has 1 aliphatic rings. The molecule has 3 nitrogen and oxygen atoms in total. The van der Waals surface area contributed by atoms with Crippen molar-refractivity contribution in [2.75, 3.05) is 6.54 Å². The highest BCUT2D eigenvalue weighted by Gasteiger charge is 2.34. The Hall–Kier alpha value is -1.17. The van der Waals surface area contributed by atoms with Crippen LogP contribution >= 0.6 is 0 Å². The van der Waals surface area contributed by atoms with Gasteiger partial charge >= 0.3 is 6.09 Å². The van der Waals surface area contributed by atoms with Crippen LogP contribution in [0.5, 0.6) is 0 Å². The van der Waals surface area contributed by atoms with Gasteiger partial charge in [-0.1, -0.05) is 6.92 Å². The van der Waals surface area contributed by atoms with Crippen LogP contribution in [0.15, 0.2) is 0 Å². The molecule has 0 bridgehead atoms. The third-order valence-corrected chi connectivity index (χ3v) is 2.61. The van der Waals surface area contributed by atoms with E-state index in [1.165, 1.54) is 0 Å². The van der Waals surface area contributed by atoms with E-state index in [2.05, 4.69) is 12.8 Å². The quantitative estimate of drug-likeness (QED) is 0.640. The van der Waals surface area contributed by atoms with Crippen LogP contribution in [0.2, 0.25) is 0 Å². The molecule has 1 fully saturated rings. The monoisotopic (exact) mass is 223 g/mol. The summed E-state index contributed by atoms with van der Waals surface area (Å²) < 4.78 is 5.36. The van der Waals surface area contributed by atoms with E-state index in [1.807, 2.05) is 20.8 Å². The molecule has 1 saturated heterocycles. The first kappa shape index (κ1) is 12.9. The van der Waals surface area contributed by atoms with Gasteiger partial charge in [0.2, 0.25) is 0 Å². The number of carbonyl (C=O) groups is 1. The zero-order valence-corrected chi connectivity index (χ0v) is 10.6. The molecule has 0 aromatic rings. The summed E-state index contributed by atoms with van der Waals surface area (Å²) in [7, 11) is 0. The largest absolute Gasteiger partial charge is 0.444 e. The maximum Gasteiger partial charge on any atom is 0.410 e. The van der Waals surface area contributed by atoms with Crippen molar-refractivity contribution in [2.45, 2.75) is 52.2 Å². The lowest BCUT2D eigenvalue weighted by Crippen LogP contribution is -2.39. The predicted molar refractivity (Wildman–Crippen MR) is 64.0 cm³/mol. The van der Waals surface area contributed by atoms with Crippen LogP contribution in [0.3, 0.4) is 0 Å². The van der Waals surface area contributed by atoms with Gasteiger partial charge in [-0.05, 0) is 33.1 Å². The third-order valence-electron chi connectivity index (χ3n) is 2.61. The Kier molecular flexibility index (Phi) is 3.85. The summed E-state index contributed by atoms with van der Waals surface area (Å²) in [6, 6.07) is 0.148. The number of rotatable bonds is 1. The second-order valence-electron chi connectivity index (χ2n) is 5.54. The number of carbonyl (C=O) groups excluding carboxylic acids is 1. The Morgan fingerprint density at radius 1 is 1.56 bits per heavy atom. The average Bonchev–Trinajstić information content (AvgIpc) is 2.44. The van der Waals surface area contributed by atoms with Crippen molar-refractivity contribution in [3.05, 3.63) is 0 Å². The van der Waals surface area contributed by atoms with E-state index in [0.717, 1.165) is 13.0 Å². The van der Waals surface area contributed by atoms with Crippen LogP contribution in [-0.4, -0.2) is 29.2 Å². The second-order valence-corrected chi connectivity index (χ2v) is 5.54. The van der Waals surface area contributed by atoms with E-state index in [-0.39, 0.29) is 12.1 Å². The van der Waals surface area contributed by atoms with Crippen molar-refractivity contribution in [1.29, 1.82) is 0 Å². The van der Waals surface area contributed by atoms with Crippen LogP contribution in [0.4, 0.5) is 4.79 Å². The zero-order chi connectivity index (χ0) is 12.3. The number of terminal acetylenes is 1. The minimum atomic E-state index is -0.441. The van der Waals surface area contributed by atoms with Crippen molar-refractivity contribution >= 4 is 6.09 Å². The molecule has 2 atom stereocenters. The molecule has 3 heteroatoms. The molecular formula is C13H21NO2. The lowest BCUT2D eigenvalue weighted by Gasteiger charge is -2.27. The highest BCUT2D eigenvalue weighted by molar-refractivity contribution is 5.69. The fourth-order valence-electron chi connectivity index (χ4n) is 2.02. The Labute approximate surface area is 98.1 Å². The molecule has 0 aromatic heterocycles. The molecular weight excluding hydrogens is 202 g/mol. The van der Waals surface area contributed by atoms with Crippen LogP contribution in [0.25, 0.3) is 0 Å². The summed E-state index contributed by atoms with van der Waals surface area (Å²) in [4.78, 5) is 13.7. The highest BCUT2D eigenvalue weighted by Crippen LogP contribution is 2.26. The summed E-state index contributed by atoms with van der Waals surface area (Å²) in [5.74, 6) is 3.13. The van der Waals surface area contributed by atoms with Crippen LogP contribution < -0.4 is 0 Å². The molecule has 1 aliphatic heterocycles. The van der Waals surface area contributed by atoms with E-state index >= 15 is 0 Å². The van der Waals surface area contributed by atoms with Gasteiger partial charge in [0.15, 0.2) is 0 Å². The Morgan fingerprint density at radius 2 is 2.19 bits per heavy atom. The number of likely N-dealkylation sites (tertiary alicyclic amines) is 1. The third kappa shape index (κ3) is 3.44. The van der Waals surface area contributed by atoms with Gasteiger partial charge in [0.05, 0.1) is 0 Å². The highest BCUT2D eigenvalue weighted by atomic mass is 16.6. The maximum absolute atomic E-state index is 11.9. The lowest BCUT2D eigenvalue weighted by atomic mass is 10.1. The molecule has 0 aromatic carbocycles. The average molecular weight is 223 g/mol. The van der Waals surface area contributed by atoms with Gasteiger partial charge in [0.25, 0.3) is 0 Å². The zero-order valence-electron chi connectivity index (χ0n) is 10.6. The Balaban J connectivity index is 2.64. The molecule has 90 valence electrons.